The van der Waals surface area contributed by atoms with E-state index >= 15 is 0 Å². The van der Waals surface area contributed by atoms with Crippen molar-refractivity contribution >= 4 is 5.91 Å². The van der Waals surface area contributed by atoms with Gasteiger partial charge in [-0.25, -0.2) is 0 Å². The van der Waals surface area contributed by atoms with Crippen LogP contribution in [-0.2, 0) is 17.5 Å². The van der Waals surface area contributed by atoms with Gasteiger partial charge >= 0.3 is 6.18 Å². The first-order valence-electron chi connectivity index (χ1n) is 7.52. The Morgan fingerprint density at radius 2 is 1.91 bits per heavy atom. The molecule has 1 aromatic rings. The number of nitrogens with zero attached hydrogens (tertiary/aromatic N) is 1. The summed E-state index contributed by atoms with van der Waals surface area (Å²) in [4.78, 5) is 13.8. The average Bonchev–Trinajstić information content (AvgIpc) is 2.97. The highest BCUT2D eigenvalue weighted by atomic mass is 19.4. The lowest BCUT2D eigenvalue weighted by Crippen LogP contribution is -2.46. The summed E-state index contributed by atoms with van der Waals surface area (Å²) in [6.07, 6.45) is -0.781. The van der Waals surface area contributed by atoms with Gasteiger partial charge in [0.25, 0.3) is 0 Å². The number of nitrogens with two attached hydrogens (primary N) is 1. The third kappa shape index (κ3) is 3.80. The first kappa shape index (κ1) is 16.8. The molecule has 0 saturated heterocycles. The van der Waals surface area contributed by atoms with Crippen LogP contribution in [0.25, 0.3) is 0 Å². The molecule has 6 heteroatoms. The summed E-state index contributed by atoms with van der Waals surface area (Å²) in [7, 11) is 0. The fourth-order valence-corrected chi connectivity index (χ4v) is 2.98. The number of carbonyl (C=O) groups excluding carboxylic acids is 1. The van der Waals surface area contributed by atoms with Crippen LogP contribution in [0.2, 0.25) is 0 Å². The number of hydrogen-bond donors (Lipinski definition) is 1. The minimum Gasteiger partial charge on any atom is -0.334 e. The van der Waals surface area contributed by atoms with Gasteiger partial charge < -0.3 is 10.6 Å². The van der Waals surface area contributed by atoms with Crippen molar-refractivity contribution in [3.8, 4) is 0 Å². The van der Waals surface area contributed by atoms with Crippen LogP contribution in [0.3, 0.4) is 0 Å². The molecule has 122 valence electrons. The first-order chi connectivity index (χ1) is 10.3. The Balaban J connectivity index is 2.29. The Morgan fingerprint density at radius 1 is 1.32 bits per heavy atom. The van der Waals surface area contributed by atoms with Gasteiger partial charge in [0.15, 0.2) is 0 Å². The van der Waals surface area contributed by atoms with E-state index in [1.54, 1.807) is 13.0 Å². The Kier molecular flexibility index (Phi) is 5.11. The van der Waals surface area contributed by atoms with Gasteiger partial charge in [-0.05, 0) is 31.4 Å². The van der Waals surface area contributed by atoms with E-state index in [0.29, 0.717) is 0 Å². The van der Waals surface area contributed by atoms with Gasteiger partial charge in [0.2, 0.25) is 5.91 Å². The molecule has 0 spiro atoms. The lowest BCUT2D eigenvalue weighted by atomic mass is 10.0. The zero-order chi connectivity index (χ0) is 16.3. The maximum absolute atomic E-state index is 13.1. The van der Waals surface area contributed by atoms with E-state index in [-0.39, 0.29) is 24.1 Å². The molecule has 1 atom stereocenters. The largest absolute Gasteiger partial charge is 0.416 e. The molecular weight excluding hydrogens is 293 g/mol. The Hall–Kier alpha value is -1.56. The summed E-state index contributed by atoms with van der Waals surface area (Å²) in [6, 6.07) is 4.68. The highest BCUT2D eigenvalue weighted by molar-refractivity contribution is 5.81. The van der Waals surface area contributed by atoms with E-state index in [4.69, 9.17) is 5.73 Å². The normalized spacial score (nSPS) is 17.5. The molecule has 1 aliphatic rings. The summed E-state index contributed by atoms with van der Waals surface area (Å²) >= 11 is 0. The quantitative estimate of drug-likeness (QED) is 0.926. The molecule has 0 bridgehead atoms. The molecule has 0 aliphatic heterocycles. The van der Waals surface area contributed by atoms with Crippen molar-refractivity contribution in [3.63, 3.8) is 0 Å². The summed E-state index contributed by atoms with van der Waals surface area (Å²) in [5.41, 5.74) is 5.10. The SMILES string of the molecule is C[C@H](N)C(=O)N(Cc1ccccc1C(F)(F)F)C1CCCC1. The highest BCUT2D eigenvalue weighted by Crippen LogP contribution is 2.33. The maximum Gasteiger partial charge on any atom is 0.416 e. The van der Waals surface area contributed by atoms with Crippen molar-refractivity contribution in [1.82, 2.24) is 4.90 Å². The predicted octanol–water partition coefficient (Wildman–Crippen LogP) is 3.32. The molecule has 0 radical (unpaired) electrons. The van der Waals surface area contributed by atoms with E-state index < -0.39 is 17.8 Å². The fourth-order valence-electron chi connectivity index (χ4n) is 2.98. The van der Waals surface area contributed by atoms with Gasteiger partial charge in [0, 0.05) is 12.6 Å². The predicted molar refractivity (Wildman–Crippen MR) is 77.9 cm³/mol. The fraction of sp³-hybridized carbons (Fsp3) is 0.562. The summed E-state index contributed by atoms with van der Waals surface area (Å²) in [6.45, 7) is 1.53. The zero-order valence-corrected chi connectivity index (χ0v) is 12.6. The number of alkyl halides is 3. The molecule has 0 heterocycles. The molecule has 22 heavy (non-hydrogen) atoms. The average molecular weight is 314 g/mol. The van der Waals surface area contributed by atoms with Crippen molar-refractivity contribution < 1.29 is 18.0 Å². The maximum atomic E-state index is 13.1. The van der Waals surface area contributed by atoms with Crippen LogP contribution in [0.4, 0.5) is 13.2 Å². The second-order valence-corrected chi connectivity index (χ2v) is 5.85. The van der Waals surface area contributed by atoms with Crippen molar-refractivity contribution in [2.24, 2.45) is 5.73 Å². The smallest absolute Gasteiger partial charge is 0.334 e. The summed E-state index contributed by atoms with van der Waals surface area (Å²) < 4.78 is 39.3. The van der Waals surface area contributed by atoms with Crippen LogP contribution in [-0.4, -0.2) is 22.9 Å². The number of hydrogen-bond acceptors (Lipinski definition) is 2. The van der Waals surface area contributed by atoms with Crippen LogP contribution in [0.5, 0.6) is 0 Å². The minimum absolute atomic E-state index is 0.0141. The lowest BCUT2D eigenvalue weighted by molar-refractivity contribution is -0.141. The molecule has 0 aromatic heterocycles. The monoisotopic (exact) mass is 314 g/mol. The molecular formula is C16H21F3N2O. The Bertz CT molecular complexity index is 522. The number of halogens is 3. The van der Waals surface area contributed by atoms with Crippen LogP contribution in [0.1, 0.15) is 43.7 Å². The van der Waals surface area contributed by atoms with Gasteiger partial charge in [0.1, 0.15) is 0 Å². The van der Waals surface area contributed by atoms with E-state index in [1.807, 2.05) is 0 Å². The summed E-state index contributed by atoms with van der Waals surface area (Å²) in [5.74, 6) is -0.288. The molecule has 1 saturated carbocycles. The standard InChI is InChI=1S/C16H21F3N2O/c1-11(20)15(22)21(13-7-3-4-8-13)10-12-6-2-5-9-14(12)16(17,18)19/h2,5-6,9,11,13H,3-4,7-8,10,20H2,1H3/t11-/m0/s1. The Labute approximate surface area is 128 Å². The van der Waals surface area contributed by atoms with Crippen molar-refractivity contribution in [1.29, 1.82) is 0 Å². The first-order valence-corrected chi connectivity index (χ1v) is 7.52. The molecule has 1 fully saturated rings. The van der Waals surface area contributed by atoms with Gasteiger partial charge in [-0.2, -0.15) is 13.2 Å². The van der Waals surface area contributed by atoms with E-state index in [0.717, 1.165) is 31.7 Å². The topological polar surface area (TPSA) is 46.3 Å². The second-order valence-electron chi connectivity index (χ2n) is 5.85. The zero-order valence-electron chi connectivity index (χ0n) is 12.6. The third-order valence-corrected chi connectivity index (χ3v) is 4.10. The van der Waals surface area contributed by atoms with Crippen molar-refractivity contribution in [2.45, 2.75) is 57.4 Å². The van der Waals surface area contributed by atoms with Crippen molar-refractivity contribution in [2.75, 3.05) is 0 Å². The van der Waals surface area contributed by atoms with Gasteiger partial charge in [-0.3, -0.25) is 4.79 Å². The summed E-state index contributed by atoms with van der Waals surface area (Å²) in [5, 5.41) is 0. The van der Waals surface area contributed by atoms with Crippen molar-refractivity contribution in [3.05, 3.63) is 35.4 Å². The number of rotatable bonds is 4. The second kappa shape index (κ2) is 6.69. The molecule has 1 aliphatic carbocycles. The van der Waals surface area contributed by atoms with E-state index in [9.17, 15) is 18.0 Å². The van der Waals surface area contributed by atoms with Crippen LogP contribution in [0.15, 0.2) is 24.3 Å². The lowest BCUT2D eigenvalue weighted by Gasteiger charge is -2.31. The van der Waals surface area contributed by atoms with Gasteiger partial charge in [-0.1, -0.05) is 31.0 Å². The van der Waals surface area contributed by atoms with E-state index in [2.05, 4.69) is 0 Å². The van der Waals surface area contributed by atoms with Gasteiger partial charge in [0.05, 0.1) is 11.6 Å². The Morgan fingerprint density at radius 3 is 2.45 bits per heavy atom. The van der Waals surface area contributed by atoms with E-state index in [1.165, 1.54) is 17.0 Å². The number of carbonyl (C=O) groups is 1. The number of amides is 1. The van der Waals surface area contributed by atoms with Crippen LogP contribution in [0, 0.1) is 0 Å². The highest BCUT2D eigenvalue weighted by Gasteiger charge is 2.35. The molecule has 2 N–H and O–H groups in total. The minimum atomic E-state index is -4.42. The molecule has 0 unspecified atom stereocenters. The van der Waals surface area contributed by atoms with Crippen LogP contribution < -0.4 is 5.73 Å². The molecule has 1 aromatic carbocycles. The number of benzene rings is 1. The molecule has 3 nitrogen and oxygen atoms in total. The van der Waals surface area contributed by atoms with Crippen LogP contribution >= 0.6 is 0 Å². The van der Waals surface area contributed by atoms with Gasteiger partial charge in [-0.15, -0.1) is 0 Å². The molecule has 2 rings (SSSR count). The third-order valence-electron chi connectivity index (χ3n) is 4.10. The molecule has 1 amide bonds.